The number of carbonyl (C=O) groups is 1. The molecule has 1 heterocycles. The summed E-state index contributed by atoms with van der Waals surface area (Å²) in [6.07, 6.45) is 2.33. The molecular formula is C12H25ClN2O2. The maximum Gasteiger partial charge on any atom is 0.223 e. The van der Waals surface area contributed by atoms with Crippen molar-refractivity contribution in [2.75, 3.05) is 19.6 Å². The standard InChI is InChI=1S/C12H24N2O2.ClH/c1-3-9(2)11(15)8-14-12(16)10-4-6-13-7-5-10;/h9-11,13,15H,3-8H2,1-2H3,(H,14,16);1H. The summed E-state index contributed by atoms with van der Waals surface area (Å²) in [6, 6.07) is 0. The second-order valence-electron chi connectivity index (χ2n) is 4.72. The predicted octanol–water partition coefficient (Wildman–Crippen LogP) is 0.931. The summed E-state index contributed by atoms with van der Waals surface area (Å²) in [6.45, 7) is 6.28. The van der Waals surface area contributed by atoms with E-state index in [1.165, 1.54) is 0 Å². The van der Waals surface area contributed by atoms with Gasteiger partial charge in [0.2, 0.25) is 5.91 Å². The zero-order valence-electron chi connectivity index (χ0n) is 10.7. The molecule has 0 aromatic rings. The van der Waals surface area contributed by atoms with E-state index >= 15 is 0 Å². The summed E-state index contributed by atoms with van der Waals surface area (Å²) < 4.78 is 0. The zero-order chi connectivity index (χ0) is 12.0. The third-order valence-electron chi connectivity index (χ3n) is 3.50. The molecule has 0 aliphatic carbocycles. The molecule has 0 aromatic heterocycles. The molecule has 3 N–H and O–H groups in total. The number of hydrogen-bond donors (Lipinski definition) is 3. The second kappa shape index (κ2) is 8.72. The van der Waals surface area contributed by atoms with E-state index in [-0.39, 0.29) is 30.2 Å². The maximum atomic E-state index is 11.8. The van der Waals surface area contributed by atoms with Crippen LogP contribution in [-0.2, 0) is 4.79 Å². The molecule has 17 heavy (non-hydrogen) atoms. The summed E-state index contributed by atoms with van der Waals surface area (Å²) in [4.78, 5) is 11.8. The Balaban J connectivity index is 0.00000256. The maximum absolute atomic E-state index is 11.8. The predicted molar refractivity (Wildman–Crippen MR) is 71.3 cm³/mol. The van der Waals surface area contributed by atoms with Crippen molar-refractivity contribution in [1.29, 1.82) is 0 Å². The number of hydrogen-bond acceptors (Lipinski definition) is 3. The van der Waals surface area contributed by atoms with Crippen LogP contribution in [-0.4, -0.2) is 36.8 Å². The lowest BCUT2D eigenvalue weighted by Crippen LogP contribution is -2.42. The Labute approximate surface area is 110 Å². The van der Waals surface area contributed by atoms with Gasteiger partial charge in [0, 0.05) is 12.5 Å². The topological polar surface area (TPSA) is 61.4 Å². The van der Waals surface area contributed by atoms with Gasteiger partial charge in [-0.15, -0.1) is 12.4 Å². The van der Waals surface area contributed by atoms with Gasteiger partial charge in [-0.1, -0.05) is 20.3 Å². The second-order valence-corrected chi connectivity index (χ2v) is 4.72. The van der Waals surface area contributed by atoms with Crippen molar-refractivity contribution in [2.45, 2.75) is 39.2 Å². The monoisotopic (exact) mass is 264 g/mol. The lowest BCUT2D eigenvalue weighted by atomic mass is 9.96. The molecule has 102 valence electrons. The molecule has 0 bridgehead atoms. The minimum absolute atomic E-state index is 0. The van der Waals surface area contributed by atoms with Crippen LogP contribution in [0, 0.1) is 11.8 Å². The molecule has 5 heteroatoms. The molecule has 0 saturated carbocycles. The average molecular weight is 265 g/mol. The molecule has 0 radical (unpaired) electrons. The van der Waals surface area contributed by atoms with E-state index in [1.54, 1.807) is 0 Å². The Morgan fingerprint density at radius 2 is 2.06 bits per heavy atom. The van der Waals surface area contributed by atoms with Crippen molar-refractivity contribution in [3.05, 3.63) is 0 Å². The minimum Gasteiger partial charge on any atom is -0.391 e. The quantitative estimate of drug-likeness (QED) is 0.692. The van der Waals surface area contributed by atoms with E-state index in [9.17, 15) is 9.90 Å². The average Bonchev–Trinajstić information content (AvgIpc) is 2.35. The number of aliphatic hydroxyl groups is 1. The smallest absolute Gasteiger partial charge is 0.223 e. The van der Waals surface area contributed by atoms with Gasteiger partial charge in [0.25, 0.3) is 0 Å². The highest BCUT2D eigenvalue weighted by molar-refractivity contribution is 5.85. The number of carbonyl (C=O) groups excluding carboxylic acids is 1. The highest BCUT2D eigenvalue weighted by Gasteiger charge is 2.21. The molecule has 4 nitrogen and oxygen atoms in total. The van der Waals surface area contributed by atoms with Crippen LogP contribution < -0.4 is 10.6 Å². The van der Waals surface area contributed by atoms with Gasteiger partial charge in [-0.05, 0) is 31.8 Å². The molecule has 1 saturated heterocycles. The molecule has 0 spiro atoms. The Morgan fingerprint density at radius 1 is 1.47 bits per heavy atom. The molecule has 1 amide bonds. The number of halogens is 1. The SMILES string of the molecule is CCC(C)C(O)CNC(=O)C1CCNCC1.Cl. The lowest BCUT2D eigenvalue weighted by Gasteiger charge is -2.23. The molecule has 1 aliphatic rings. The van der Waals surface area contributed by atoms with Crippen molar-refractivity contribution in [2.24, 2.45) is 11.8 Å². The van der Waals surface area contributed by atoms with Gasteiger partial charge in [0.05, 0.1) is 6.10 Å². The van der Waals surface area contributed by atoms with Crippen molar-refractivity contribution >= 4 is 18.3 Å². The van der Waals surface area contributed by atoms with Gasteiger partial charge in [-0.3, -0.25) is 4.79 Å². The third kappa shape index (κ3) is 5.70. The van der Waals surface area contributed by atoms with Gasteiger partial charge in [-0.25, -0.2) is 0 Å². The summed E-state index contributed by atoms with van der Waals surface area (Å²) in [5.41, 5.74) is 0. The summed E-state index contributed by atoms with van der Waals surface area (Å²) in [7, 11) is 0. The van der Waals surface area contributed by atoms with E-state index in [1.807, 2.05) is 13.8 Å². The molecule has 1 rings (SSSR count). The van der Waals surface area contributed by atoms with Crippen LogP contribution in [0.2, 0.25) is 0 Å². The fourth-order valence-electron chi connectivity index (χ4n) is 1.91. The Kier molecular flexibility index (Phi) is 8.56. The van der Waals surface area contributed by atoms with E-state index < -0.39 is 6.10 Å². The van der Waals surface area contributed by atoms with Crippen LogP contribution in [0.4, 0.5) is 0 Å². The first-order chi connectivity index (χ1) is 7.65. The van der Waals surface area contributed by atoms with Crippen LogP contribution in [0.1, 0.15) is 33.1 Å². The van der Waals surface area contributed by atoms with E-state index in [0.29, 0.717) is 6.54 Å². The third-order valence-corrected chi connectivity index (χ3v) is 3.50. The minimum atomic E-state index is -0.421. The number of rotatable bonds is 5. The molecule has 1 aliphatic heterocycles. The van der Waals surface area contributed by atoms with Crippen LogP contribution in [0.5, 0.6) is 0 Å². The fraction of sp³-hybridized carbons (Fsp3) is 0.917. The number of aliphatic hydroxyl groups excluding tert-OH is 1. The molecule has 2 atom stereocenters. The van der Waals surface area contributed by atoms with Crippen LogP contribution in [0.25, 0.3) is 0 Å². The summed E-state index contributed by atoms with van der Waals surface area (Å²) >= 11 is 0. The van der Waals surface area contributed by atoms with Crippen molar-refractivity contribution in [3.8, 4) is 0 Å². The van der Waals surface area contributed by atoms with Gasteiger partial charge in [0.15, 0.2) is 0 Å². The molecule has 1 fully saturated rings. The van der Waals surface area contributed by atoms with E-state index in [4.69, 9.17) is 0 Å². The number of nitrogens with one attached hydrogen (secondary N) is 2. The first kappa shape index (κ1) is 16.7. The van der Waals surface area contributed by atoms with Crippen molar-refractivity contribution in [3.63, 3.8) is 0 Å². The van der Waals surface area contributed by atoms with Gasteiger partial charge in [-0.2, -0.15) is 0 Å². The summed E-state index contributed by atoms with van der Waals surface area (Å²) in [5, 5.41) is 15.8. The Hall–Kier alpha value is -0.320. The van der Waals surface area contributed by atoms with Crippen molar-refractivity contribution < 1.29 is 9.90 Å². The normalized spacial score (nSPS) is 20.2. The van der Waals surface area contributed by atoms with Crippen LogP contribution in [0.3, 0.4) is 0 Å². The van der Waals surface area contributed by atoms with Crippen molar-refractivity contribution in [1.82, 2.24) is 10.6 Å². The Bertz CT molecular complexity index is 221. The van der Waals surface area contributed by atoms with Gasteiger partial charge >= 0.3 is 0 Å². The van der Waals surface area contributed by atoms with Crippen LogP contribution in [0.15, 0.2) is 0 Å². The molecule has 0 aromatic carbocycles. The van der Waals surface area contributed by atoms with Gasteiger partial charge in [0.1, 0.15) is 0 Å². The largest absolute Gasteiger partial charge is 0.391 e. The lowest BCUT2D eigenvalue weighted by molar-refractivity contribution is -0.126. The zero-order valence-corrected chi connectivity index (χ0v) is 11.6. The molecular weight excluding hydrogens is 240 g/mol. The summed E-state index contributed by atoms with van der Waals surface area (Å²) in [5.74, 6) is 0.475. The van der Waals surface area contributed by atoms with E-state index in [0.717, 1.165) is 32.4 Å². The fourth-order valence-corrected chi connectivity index (χ4v) is 1.91. The van der Waals surface area contributed by atoms with E-state index in [2.05, 4.69) is 10.6 Å². The van der Waals surface area contributed by atoms with Crippen LogP contribution >= 0.6 is 12.4 Å². The number of amides is 1. The highest BCUT2D eigenvalue weighted by Crippen LogP contribution is 2.12. The first-order valence-corrected chi connectivity index (χ1v) is 6.31. The number of piperidine rings is 1. The molecule has 2 unspecified atom stereocenters. The first-order valence-electron chi connectivity index (χ1n) is 6.31. The van der Waals surface area contributed by atoms with Gasteiger partial charge < -0.3 is 15.7 Å². The Morgan fingerprint density at radius 3 is 2.59 bits per heavy atom. The highest BCUT2D eigenvalue weighted by atomic mass is 35.5.